The van der Waals surface area contributed by atoms with Crippen LogP contribution in [0.4, 0.5) is 5.69 Å². The maximum absolute atomic E-state index is 14.9. The van der Waals surface area contributed by atoms with E-state index in [0.29, 0.717) is 17.4 Å². The van der Waals surface area contributed by atoms with Gasteiger partial charge in [-0.05, 0) is 105 Å². The number of anilines is 1. The van der Waals surface area contributed by atoms with Crippen LogP contribution in [0.1, 0.15) is 76.2 Å². The van der Waals surface area contributed by atoms with Gasteiger partial charge in [-0.15, -0.1) is 0 Å². The number of carbonyl (C=O) groups is 1. The first-order valence-electron chi connectivity index (χ1n) is 17.0. The number of rotatable bonds is 10. The van der Waals surface area contributed by atoms with Crippen molar-refractivity contribution in [2.45, 2.75) is 102 Å². The number of nitrogens with two attached hydrogens (primary N) is 1. The van der Waals surface area contributed by atoms with Gasteiger partial charge in [0.25, 0.3) is 0 Å². The Hall–Kier alpha value is -3.10. The average molecular weight is 633 g/mol. The average Bonchev–Trinajstić information content (AvgIpc) is 3.60. The number of aromatic nitrogens is 3. The fourth-order valence-electron chi connectivity index (χ4n) is 8.36. The Bertz CT molecular complexity index is 1340. The Morgan fingerprint density at radius 3 is 2.31 bits per heavy atom. The van der Waals surface area contributed by atoms with Crippen LogP contribution in [0.25, 0.3) is 0 Å². The molecule has 1 amide bonds. The molecule has 2 aromatic carbocycles. The SMILES string of the molecule is COc1ccc(N(C2CCC(N)CC2)[C@H](Cc2ccc(Cl)cc2)C(=O)N2CCC(Cn3cncn3)(C3CCCCC3)CC2)cc1. The van der Waals surface area contributed by atoms with Crippen LogP contribution in [0.3, 0.4) is 0 Å². The first-order chi connectivity index (χ1) is 21.9. The second-order valence-corrected chi connectivity index (χ2v) is 14.1. The lowest BCUT2D eigenvalue weighted by molar-refractivity contribution is -0.136. The monoisotopic (exact) mass is 632 g/mol. The lowest BCUT2D eigenvalue weighted by atomic mass is 9.63. The Balaban J connectivity index is 1.29. The summed E-state index contributed by atoms with van der Waals surface area (Å²) >= 11 is 6.28. The number of nitrogens with zero attached hydrogens (tertiary/aromatic N) is 5. The van der Waals surface area contributed by atoms with Crippen LogP contribution in [-0.2, 0) is 17.8 Å². The van der Waals surface area contributed by atoms with Gasteiger partial charge in [0.15, 0.2) is 0 Å². The van der Waals surface area contributed by atoms with E-state index >= 15 is 0 Å². The summed E-state index contributed by atoms with van der Waals surface area (Å²) in [7, 11) is 1.69. The zero-order valence-electron chi connectivity index (χ0n) is 26.7. The number of hydrogen-bond acceptors (Lipinski definition) is 6. The van der Waals surface area contributed by atoms with E-state index in [1.165, 1.54) is 32.1 Å². The minimum atomic E-state index is -0.337. The molecular weight excluding hydrogens is 584 g/mol. The molecule has 1 atom stereocenters. The zero-order chi connectivity index (χ0) is 31.2. The summed E-state index contributed by atoms with van der Waals surface area (Å²) in [4.78, 5) is 23.7. The highest BCUT2D eigenvalue weighted by atomic mass is 35.5. The maximum Gasteiger partial charge on any atom is 0.245 e. The summed E-state index contributed by atoms with van der Waals surface area (Å²) in [5, 5.41) is 5.21. The van der Waals surface area contributed by atoms with Crippen LogP contribution in [0.15, 0.2) is 61.2 Å². The van der Waals surface area contributed by atoms with Crippen molar-refractivity contribution in [1.82, 2.24) is 19.7 Å². The molecule has 6 rings (SSSR count). The van der Waals surface area contributed by atoms with Gasteiger partial charge in [0.05, 0.1) is 7.11 Å². The molecule has 3 aromatic rings. The minimum absolute atomic E-state index is 0.145. The molecule has 242 valence electrons. The number of halogens is 1. The van der Waals surface area contributed by atoms with E-state index in [1.54, 1.807) is 13.4 Å². The number of benzene rings is 2. The first-order valence-corrected chi connectivity index (χ1v) is 17.4. The zero-order valence-corrected chi connectivity index (χ0v) is 27.5. The van der Waals surface area contributed by atoms with Crippen LogP contribution < -0.4 is 15.4 Å². The van der Waals surface area contributed by atoms with E-state index in [9.17, 15) is 4.79 Å². The molecule has 9 heteroatoms. The fourth-order valence-corrected chi connectivity index (χ4v) is 8.48. The number of carbonyl (C=O) groups excluding carboxylic acids is 1. The van der Waals surface area contributed by atoms with Gasteiger partial charge in [0.2, 0.25) is 5.91 Å². The molecule has 2 N–H and O–H groups in total. The third-order valence-electron chi connectivity index (χ3n) is 11.0. The maximum atomic E-state index is 14.9. The van der Waals surface area contributed by atoms with Gasteiger partial charge < -0.3 is 20.3 Å². The largest absolute Gasteiger partial charge is 0.497 e. The standard InChI is InChI=1S/C36H49ClN6O2/c1-45-33-17-15-32(16-18-33)43(31-13-11-30(38)12-14-31)34(23-27-7-9-29(37)10-8-27)35(44)41-21-19-36(20-22-41,24-42-26-39-25-40-42)28-5-3-2-4-6-28/h7-10,15-18,25-26,28,30-31,34H,2-6,11-14,19-24,38H2,1H3/t30?,31?,34-/m1/s1. The third-order valence-corrected chi connectivity index (χ3v) is 11.2. The van der Waals surface area contributed by atoms with E-state index in [0.717, 1.165) is 75.2 Å². The highest BCUT2D eigenvalue weighted by Gasteiger charge is 2.45. The van der Waals surface area contributed by atoms with Crippen molar-refractivity contribution in [1.29, 1.82) is 0 Å². The van der Waals surface area contributed by atoms with Gasteiger partial charge in [0.1, 0.15) is 24.4 Å². The molecule has 0 bridgehead atoms. The number of piperidine rings is 1. The highest BCUT2D eigenvalue weighted by molar-refractivity contribution is 6.30. The van der Waals surface area contributed by atoms with Gasteiger partial charge in [0, 0.05) is 48.8 Å². The van der Waals surface area contributed by atoms with Crippen molar-refractivity contribution in [3.8, 4) is 5.75 Å². The van der Waals surface area contributed by atoms with Gasteiger partial charge in [-0.2, -0.15) is 5.10 Å². The van der Waals surface area contributed by atoms with Crippen molar-refractivity contribution in [2.24, 2.45) is 17.1 Å². The fraction of sp³-hybridized carbons (Fsp3) is 0.583. The molecule has 2 heterocycles. The Morgan fingerprint density at radius 2 is 1.69 bits per heavy atom. The Kier molecular flexibility index (Phi) is 10.3. The molecule has 0 spiro atoms. The summed E-state index contributed by atoms with van der Waals surface area (Å²) in [5.41, 5.74) is 8.68. The number of amides is 1. The molecule has 0 radical (unpaired) electrons. The lowest BCUT2D eigenvalue weighted by Crippen LogP contribution is -2.57. The Morgan fingerprint density at radius 1 is 1.00 bits per heavy atom. The van der Waals surface area contributed by atoms with Crippen LogP contribution in [0.5, 0.6) is 5.75 Å². The van der Waals surface area contributed by atoms with Gasteiger partial charge in [-0.3, -0.25) is 9.48 Å². The van der Waals surface area contributed by atoms with Crippen LogP contribution in [0.2, 0.25) is 5.02 Å². The summed E-state index contributed by atoms with van der Waals surface area (Å²) < 4.78 is 7.51. The first kappa shape index (κ1) is 31.9. The smallest absolute Gasteiger partial charge is 0.245 e. The van der Waals surface area contributed by atoms with Crippen LogP contribution in [-0.4, -0.2) is 63.9 Å². The molecule has 45 heavy (non-hydrogen) atoms. The second-order valence-electron chi connectivity index (χ2n) is 13.6. The second kappa shape index (κ2) is 14.5. The summed E-state index contributed by atoms with van der Waals surface area (Å²) in [5.74, 6) is 1.70. The third kappa shape index (κ3) is 7.49. The van der Waals surface area contributed by atoms with Gasteiger partial charge in [-0.1, -0.05) is 43.0 Å². The van der Waals surface area contributed by atoms with Crippen molar-refractivity contribution in [3.05, 3.63) is 71.8 Å². The number of likely N-dealkylation sites (tertiary alicyclic amines) is 1. The molecular formula is C36H49ClN6O2. The van der Waals surface area contributed by atoms with Crippen molar-refractivity contribution in [3.63, 3.8) is 0 Å². The molecule has 1 aliphatic heterocycles. The minimum Gasteiger partial charge on any atom is -0.497 e. The molecule has 8 nitrogen and oxygen atoms in total. The van der Waals surface area contributed by atoms with E-state index < -0.39 is 0 Å². The summed E-state index contributed by atoms with van der Waals surface area (Å²) in [6.07, 6.45) is 16.5. The molecule has 3 aliphatic rings. The molecule has 1 aromatic heterocycles. The van der Waals surface area contributed by atoms with E-state index in [1.807, 2.05) is 35.3 Å². The van der Waals surface area contributed by atoms with Crippen molar-refractivity contribution in [2.75, 3.05) is 25.1 Å². The topological polar surface area (TPSA) is 89.5 Å². The molecule has 2 aliphatic carbocycles. The van der Waals surface area contributed by atoms with Crippen LogP contribution >= 0.6 is 11.6 Å². The van der Waals surface area contributed by atoms with E-state index in [2.05, 4.69) is 44.1 Å². The predicted octanol–water partition coefficient (Wildman–Crippen LogP) is 6.52. The molecule has 3 fully saturated rings. The predicted molar refractivity (Wildman–Crippen MR) is 179 cm³/mol. The van der Waals surface area contributed by atoms with Gasteiger partial charge in [-0.25, -0.2) is 4.98 Å². The van der Waals surface area contributed by atoms with Crippen molar-refractivity contribution < 1.29 is 9.53 Å². The molecule has 1 saturated heterocycles. The normalized spacial score (nSPS) is 23.0. The molecule has 2 saturated carbocycles. The van der Waals surface area contributed by atoms with E-state index in [4.69, 9.17) is 22.1 Å². The van der Waals surface area contributed by atoms with Gasteiger partial charge >= 0.3 is 0 Å². The lowest BCUT2D eigenvalue weighted by Gasteiger charge is -2.49. The van der Waals surface area contributed by atoms with Crippen molar-refractivity contribution >= 4 is 23.2 Å². The summed E-state index contributed by atoms with van der Waals surface area (Å²) in [6.45, 7) is 2.43. The number of ether oxygens (including phenoxy) is 1. The molecule has 0 unspecified atom stereocenters. The Labute approximate surface area is 273 Å². The quantitative estimate of drug-likeness (QED) is 0.274. The van der Waals surface area contributed by atoms with Crippen LogP contribution in [0, 0.1) is 11.3 Å². The van der Waals surface area contributed by atoms with E-state index in [-0.39, 0.29) is 29.4 Å². The highest BCUT2D eigenvalue weighted by Crippen LogP contribution is 2.47. The number of hydrogen-bond donors (Lipinski definition) is 1. The number of methoxy groups -OCH3 is 1. The summed E-state index contributed by atoms with van der Waals surface area (Å²) in [6, 6.07) is 16.3.